The van der Waals surface area contributed by atoms with E-state index in [1.54, 1.807) is 0 Å². The van der Waals surface area contributed by atoms with Crippen molar-refractivity contribution in [2.45, 2.75) is 64.7 Å². The molecule has 12 heteroatoms. The average Bonchev–Trinajstić information content (AvgIpc) is 3.36. The monoisotopic (exact) mass is 504 g/mol. The second-order valence-corrected chi connectivity index (χ2v) is 10.7. The van der Waals surface area contributed by atoms with Gasteiger partial charge in [0, 0.05) is 50.5 Å². The van der Waals surface area contributed by atoms with Gasteiger partial charge in [-0.25, -0.2) is 14.2 Å². The minimum atomic E-state index is -1.04. The lowest BCUT2D eigenvalue weighted by Gasteiger charge is -2.47. The van der Waals surface area contributed by atoms with Crippen LogP contribution in [-0.4, -0.2) is 85.8 Å². The van der Waals surface area contributed by atoms with Gasteiger partial charge >= 0.3 is 12.1 Å². The molecule has 10 nitrogen and oxygen atoms in total. The quantitative estimate of drug-likeness (QED) is 0.617. The Labute approximate surface area is 209 Å². The fraction of sp³-hybridized carbons (Fsp3) is 0.667. The number of carbonyl (C=O) groups is 1. The Morgan fingerprint density at radius 1 is 1.19 bits per heavy atom. The maximum Gasteiger partial charge on any atom is 0.321 e. The summed E-state index contributed by atoms with van der Waals surface area (Å²) >= 11 is 0. The van der Waals surface area contributed by atoms with Crippen LogP contribution in [0.3, 0.4) is 0 Å². The number of fused-ring (bicyclic) bond motifs is 1. The summed E-state index contributed by atoms with van der Waals surface area (Å²) in [6, 6.07) is 0.281. The minimum absolute atomic E-state index is 0.0418. The lowest BCUT2D eigenvalue weighted by atomic mass is 9.97. The van der Waals surface area contributed by atoms with Crippen molar-refractivity contribution in [3.8, 4) is 0 Å². The first kappa shape index (κ1) is 24.8. The molecule has 0 unspecified atom stereocenters. The number of ether oxygens (including phenoxy) is 1. The first-order valence-electron chi connectivity index (χ1n) is 12.6. The van der Waals surface area contributed by atoms with Crippen molar-refractivity contribution in [1.29, 1.82) is 0 Å². The number of rotatable bonds is 4. The molecule has 2 fully saturated rings. The fourth-order valence-electron chi connectivity index (χ4n) is 5.61. The number of anilines is 2. The number of carbonyl (C=O) groups excluding carboxylic acids is 1. The van der Waals surface area contributed by atoms with Crippen molar-refractivity contribution in [2.24, 2.45) is 5.92 Å². The highest BCUT2D eigenvalue weighted by molar-refractivity contribution is 5.78. The topological polar surface area (TPSA) is 103 Å². The number of H-pyrrole nitrogens is 1. The third kappa shape index (κ3) is 4.52. The zero-order chi connectivity index (χ0) is 25.6. The van der Waals surface area contributed by atoms with E-state index >= 15 is 0 Å². The summed E-state index contributed by atoms with van der Waals surface area (Å²) in [5.74, 6) is -0.139. The van der Waals surface area contributed by atoms with Crippen LogP contribution in [0.1, 0.15) is 51.8 Å². The Balaban J connectivity index is 1.29. The lowest BCUT2D eigenvalue weighted by Crippen LogP contribution is -2.62. The van der Waals surface area contributed by atoms with E-state index in [0.717, 1.165) is 56.6 Å². The van der Waals surface area contributed by atoms with Crippen LogP contribution in [-0.2, 0) is 16.8 Å². The normalized spacial score (nSPS) is 24.7. The molecule has 2 aromatic heterocycles. The fourth-order valence-corrected chi connectivity index (χ4v) is 5.61. The van der Waals surface area contributed by atoms with Gasteiger partial charge < -0.3 is 19.9 Å². The summed E-state index contributed by atoms with van der Waals surface area (Å²) in [6.45, 7) is 12.7. The van der Waals surface area contributed by atoms with Gasteiger partial charge in [-0.15, -0.1) is 0 Å². The zero-order valence-electron chi connectivity index (χ0n) is 21.2. The molecule has 36 heavy (non-hydrogen) atoms. The summed E-state index contributed by atoms with van der Waals surface area (Å²) < 4.78 is 33.1. The first-order chi connectivity index (χ1) is 17.1. The van der Waals surface area contributed by atoms with Crippen LogP contribution >= 0.6 is 0 Å². The number of urea groups is 1. The van der Waals surface area contributed by atoms with Crippen molar-refractivity contribution >= 4 is 17.7 Å². The van der Waals surface area contributed by atoms with Gasteiger partial charge in [-0.05, 0) is 46.5 Å². The summed E-state index contributed by atoms with van der Waals surface area (Å²) in [5, 5.41) is 9.99. The molecule has 0 spiro atoms. The van der Waals surface area contributed by atoms with Crippen LogP contribution in [0.4, 0.5) is 25.2 Å². The average molecular weight is 505 g/mol. The number of piperazine rings is 1. The molecular formula is C24H34F2N8O2. The molecule has 3 aliphatic rings. The third-order valence-corrected chi connectivity index (χ3v) is 7.85. The van der Waals surface area contributed by atoms with Gasteiger partial charge in [0.1, 0.15) is 0 Å². The number of aromatic amines is 1. The Morgan fingerprint density at radius 3 is 2.69 bits per heavy atom. The molecule has 196 valence electrons. The van der Waals surface area contributed by atoms with Crippen LogP contribution < -0.4 is 5.32 Å². The van der Waals surface area contributed by atoms with Crippen LogP contribution in [0.15, 0.2) is 6.20 Å². The van der Waals surface area contributed by atoms with E-state index < -0.39 is 17.4 Å². The van der Waals surface area contributed by atoms with E-state index in [-0.39, 0.29) is 23.9 Å². The standard InChI is InChI=1S/C24H34F2N8O2/c1-14-11-33(15(2)10-32(14)12-16-5-7-36-8-6-16)23(35)34-13-17-19(24(34,3)4)30-31-20(17)28-21-18(25)9-27-22(26)29-21/h9,14-16H,5-8,10-13H2,1-4H3,(H2,27,28,29,30,31)/t14-,15+/m1/s1. The van der Waals surface area contributed by atoms with Gasteiger partial charge in [-0.2, -0.15) is 14.5 Å². The highest BCUT2D eigenvalue weighted by atomic mass is 19.1. The smallest absolute Gasteiger partial charge is 0.321 e. The van der Waals surface area contributed by atoms with Gasteiger partial charge in [0.2, 0.25) is 0 Å². The maximum atomic E-state index is 14.1. The molecule has 0 aliphatic carbocycles. The number of amides is 2. The number of hydrogen-bond donors (Lipinski definition) is 2. The van der Waals surface area contributed by atoms with E-state index in [0.29, 0.717) is 24.8 Å². The third-order valence-electron chi connectivity index (χ3n) is 7.85. The molecule has 3 aliphatic heterocycles. The highest BCUT2D eigenvalue weighted by Gasteiger charge is 2.47. The van der Waals surface area contributed by atoms with Crippen LogP contribution in [0, 0.1) is 17.8 Å². The van der Waals surface area contributed by atoms with Gasteiger partial charge in [0.15, 0.2) is 17.5 Å². The van der Waals surface area contributed by atoms with Gasteiger partial charge in [-0.1, -0.05) is 0 Å². The Hall–Kier alpha value is -2.86. The Morgan fingerprint density at radius 2 is 1.94 bits per heavy atom. The molecule has 0 radical (unpaired) electrons. The number of halogens is 2. The minimum Gasteiger partial charge on any atom is -0.381 e. The van der Waals surface area contributed by atoms with Crippen LogP contribution in [0.5, 0.6) is 0 Å². The maximum absolute atomic E-state index is 14.1. The molecule has 2 saturated heterocycles. The second-order valence-electron chi connectivity index (χ2n) is 10.7. The number of nitrogens with one attached hydrogen (secondary N) is 2. The van der Waals surface area contributed by atoms with E-state index in [2.05, 4.69) is 44.2 Å². The summed E-state index contributed by atoms with van der Waals surface area (Å²) in [6.07, 6.45) is 1.91. The molecular weight excluding hydrogens is 470 g/mol. The van der Waals surface area contributed by atoms with Crippen LogP contribution in [0.25, 0.3) is 0 Å². The largest absolute Gasteiger partial charge is 0.381 e. The molecule has 5 rings (SSSR count). The predicted molar refractivity (Wildman–Crippen MR) is 129 cm³/mol. The number of nitrogens with zero attached hydrogens (tertiary/aromatic N) is 6. The Kier molecular flexibility index (Phi) is 6.58. The number of aromatic nitrogens is 4. The van der Waals surface area contributed by atoms with Gasteiger partial charge in [0.25, 0.3) is 0 Å². The van der Waals surface area contributed by atoms with Gasteiger partial charge in [-0.3, -0.25) is 10.00 Å². The molecule has 2 amide bonds. The van der Waals surface area contributed by atoms with Crippen LogP contribution in [0.2, 0.25) is 0 Å². The molecule has 0 aromatic carbocycles. The summed E-state index contributed by atoms with van der Waals surface area (Å²) in [4.78, 5) is 26.8. The molecule has 0 saturated carbocycles. The number of hydrogen-bond acceptors (Lipinski definition) is 7. The second kappa shape index (κ2) is 9.55. The van der Waals surface area contributed by atoms with E-state index in [4.69, 9.17) is 4.74 Å². The van der Waals surface area contributed by atoms with Crippen molar-refractivity contribution in [3.05, 3.63) is 29.3 Å². The molecule has 5 heterocycles. The predicted octanol–water partition coefficient (Wildman–Crippen LogP) is 3.21. The van der Waals surface area contributed by atoms with E-state index in [9.17, 15) is 13.6 Å². The molecule has 2 atom stereocenters. The summed E-state index contributed by atoms with van der Waals surface area (Å²) in [5.41, 5.74) is 0.828. The molecule has 2 aromatic rings. The van der Waals surface area contributed by atoms with Crippen molar-refractivity contribution in [2.75, 3.05) is 38.2 Å². The van der Waals surface area contributed by atoms with Crippen molar-refractivity contribution in [3.63, 3.8) is 0 Å². The van der Waals surface area contributed by atoms with E-state index in [1.807, 2.05) is 23.6 Å². The van der Waals surface area contributed by atoms with E-state index in [1.165, 1.54) is 0 Å². The lowest BCUT2D eigenvalue weighted by molar-refractivity contribution is 0.00882. The summed E-state index contributed by atoms with van der Waals surface area (Å²) in [7, 11) is 0. The SMILES string of the molecule is C[C@@H]1CN(C(=O)N2Cc3c(Nc4nc(F)ncc4F)n[nH]c3C2(C)C)[C@@H](C)CN1CC1CCOCC1. The van der Waals surface area contributed by atoms with Crippen molar-refractivity contribution in [1.82, 2.24) is 34.9 Å². The molecule has 0 bridgehead atoms. The van der Waals surface area contributed by atoms with Crippen molar-refractivity contribution < 1.29 is 18.3 Å². The zero-order valence-corrected chi connectivity index (χ0v) is 21.2. The molecule has 2 N–H and O–H groups in total. The van der Waals surface area contributed by atoms with Gasteiger partial charge in [0.05, 0.1) is 24.0 Å². The highest BCUT2D eigenvalue weighted by Crippen LogP contribution is 2.42. The Bertz CT molecular complexity index is 1120. The first-order valence-corrected chi connectivity index (χ1v) is 12.6.